The van der Waals surface area contributed by atoms with Crippen LogP contribution in [0.3, 0.4) is 0 Å². The van der Waals surface area contributed by atoms with E-state index in [0.29, 0.717) is 13.1 Å². The molecule has 0 spiro atoms. The number of aliphatic imine (C=N–C) groups is 1. The number of guanidine groups is 1. The lowest BCUT2D eigenvalue weighted by molar-refractivity contribution is -0.126. The van der Waals surface area contributed by atoms with Crippen LogP contribution in [0, 0.1) is 0 Å². The molecule has 4 unspecified atom stereocenters. The van der Waals surface area contributed by atoms with Gasteiger partial charge in [0.1, 0.15) is 5.78 Å². The van der Waals surface area contributed by atoms with E-state index in [1.54, 1.807) is 0 Å². The SMILES string of the molecule is NC(N)=NCCCCNC(=O)C(P)NC(=O)C(N)P. The average Bonchev–Trinajstić information content (AvgIpc) is 2.32. The molecular weight excluding hydrogens is 286 g/mol. The number of hydrogen-bond donors (Lipinski definition) is 5. The molecule has 0 saturated carbocycles. The minimum Gasteiger partial charge on any atom is -0.370 e. The zero-order chi connectivity index (χ0) is 14.8. The van der Waals surface area contributed by atoms with Gasteiger partial charge < -0.3 is 27.8 Å². The highest BCUT2D eigenvalue weighted by atomic mass is 31.0. The van der Waals surface area contributed by atoms with Crippen molar-refractivity contribution in [2.24, 2.45) is 22.2 Å². The summed E-state index contributed by atoms with van der Waals surface area (Å²) in [6.07, 6.45) is 1.51. The summed E-state index contributed by atoms with van der Waals surface area (Å²) in [6, 6.07) is 0. The number of rotatable bonds is 8. The lowest BCUT2D eigenvalue weighted by atomic mass is 10.3. The summed E-state index contributed by atoms with van der Waals surface area (Å²) in [7, 11) is 4.39. The summed E-state index contributed by atoms with van der Waals surface area (Å²) in [5, 5.41) is 5.14. The molecule has 0 heterocycles. The zero-order valence-electron chi connectivity index (χ0n) is 10.6. The van der Waals surface area contributed by atoms with E-state index in [1.165, 1.54) is 0 Å². The van der Waals surface area contributed by atoms with Gasteiger partial charge in [0.05, 0.1) is 5.78 Å². The van der Waals surface area contributed by atoms with Crippen LogP contribution in [0.5, 0.6) is 0 Å². The number of unbranched alkanes of at least 4 members (excludes halogenated alkanes) is 1. The topological polar surface area (TPSA) is 149 Å². The molecule has 0 aromatic rings. The van der Waals surface area contributed by atoms with Crippen molar-refractivity contribution in [3.05, 3.63) is 0 Å². The van der Waals surface area contributed by atoms with E-state index in [4.69, 9.17) is 17.2 Å². The second-order valence-electron chi connectivity index (χ2n) is 3.82. The van der Waals surface area contributed by atoms with Gasteiger partial charge in [-0.15, -0.1) is 18.5 Å². The summed E-state index contributed by atoms with van der Waals surface area (Å²) in [5.74, 6) is -2.06. The maximum absolute atomic E-state index is 11.6. The molecule has 0 saturated heterocycles. The fraction of sp³-hybridized carbons (Fsp3) is 0.667. The third-order valence-electron chi connectivity index (χ3n) is 2.06. The predicted molar refractivity (Wildman–Crippen MR) is 82.2 cm³/mol. The van der Waals surface area contributed by atoms with Crippen molar-refractivity contribution in [1.82, 2.24) is 10.6 Å². The third-order valence-corrected chi connectivity index (χ3v) is 2.83. The van der Waals surface area contributed by atoms with Gasteiger partial charge in [0.15, 0.2) is 5.96 Å². The molecule has 19 heavy (non-hydrogen) atoms. The molecule has 2 amide bonds. The molecule has 0 aliphatic rings. The Morgan fingerprint density at radius 1 is 1.16 bits per heavy atom. The van der Waals surface area contributed by atoms with Gasteiger partial charge in [-0.3, -0.25) is 14.6 Å². The van der Waals surface area contributed by atoms with E-state index < -0.39 is 17.5 Å². The van der Waals surface area contributed by atoms with Crippen molar-refractivity contribution < 1.29 is 9.59 Å². The van der Waals surface area contributed by atoms with Gasteiger partial charge in [0, 0.05) is 13.1 Å². The Hall–Kier alpha value is -0.970. The van der Waals surface area contributed by atoms with E-state index in [0.717, 1.165) is 12.8 Å². The molecule has 4 atom stereocenters. The van der Waals surface area contributed by atoms with Gasteiger partial charge in [0.2, 0.25) is 11.8 Å². The molecule has 110 valence electrons. The molecule has 10 heteroatoms. The number of nitrogens with zero attached hydrogens (tertiary/aromatic N) is 1. The monoisotopic (exact) mass is 308 g/mol. The Labute approximate surface area is 117 Å². The van der Waals surface area contributed by atoms with Crippen LogP contribution in [0.25, 0.3) is 0 Å². The van der Waals surface area contributed by atoms with Crippen molar-refractivity contribution in [2.75, 3.05) is 13.1 Å². The molecule has 0 aromatic carbocycles. The number of hydrogen-bond acceptors (Lipinski definition) is 4. The molecule has 8 N–H and O–H groups in total. The lowest BCUT2D eigenvalue weighted by Crippen LogP contribution is -2.47. The average molecular weight is 308 g/mol. The first-order valence-electron chi connectivity index (χ1n) is 5.75. The number of amides is 2. The summed E-state index contributed by atoms with van der Waals surface area (Å²) < 4.78 is 0. The fourth-order valence-corrected chi connectivity index (χ4v) is 1.46. The summed E-state index contributed by atoms with van der Waals surface area (Å²) >= 11 is 0. The number of carbonyl (C=O) groups excluding carboxylic acids is 2. The fourth-order valence-electron chi connectivity index (χ4n) is 1.08. The maximum Gasteiger partial charge on any atom is 0.246 e. The van der Waals surface area contributed by atoms with Gasteiger partial charge in [0.25, 0.3) is 0 Å². The largest absolute Gasteiger partial charge is 0.370 e. The van der Waals surface area contributed by atoms with E-state index in [2.05, 4.69) is 34.1 Å². The first-order chi connectivity index (χ1) is 8.84. The van der Waals surface area contributed by atoms with Gasteiger partial charge in [-0.1, -0.05) is 0 Å². The van der Waals surface area contributed by atoms with Crippen molar-refractivity contribution in [3.63, 3.8) is 0 Å². The van der Waals surface area contributed by atoms with Crippen LogP contribution in [0.4, 0.5) is 0 Å². The molecule has 0 radical (unpaired) electrons. The highest BCUT2D eigenvalue weighted by molar-refractivity contribution is 7.20. The van der Waals surface area contributed by atoms with Crippen molar-refractivity contribution in [3.8, 4) is 0 Å². The Morgan fingerprint density at radius 2 is 1.79 bits per heavy atom. The van der Waals surface area contributed by atoms with Crippen LogP contribution in [0.15, 0.2) is 4.99 Å². The van der Waals surface area contributed by atoms with Crippen molar-refractivity contribution >= 4 is 36.3 Å². The molecular formula is C9H22N6O2P2. The van der Waals surface area contributed by atoms with E-state index in [-0.39, 0.29) is 11.9 Å². The van der Waals surface area contributed by atoms with Gasteiger partial charge in [-0.05, 0) is 12.8 Å². The first-order valence-corrected chi connectivity index (χ1v) is 7.08. The minimum atomic E-state index is -0.726. The second kappa shape index (κ2) is 9.89. The Morgan fingerprint density at radius 3 is 2.32 bits per heavy atom. The Kier molecular flexibility index (Phi) is 9.39. The number of nitrogens with two attached hydrogens (primary N) is 3. The number of nitrogens with one attached hydrogen (secondary N) is 2. The van der Waals surface area contributed by atoms with E-state index in [1.807, 2.05) is 0 Å². The van der Waals surface area contributed by atoms with Crippen LogP contribution in [-0.2, 0) is 9.59 Å². The van der Waals surface area contributed by atoms with Gasteiger partial charge >= 0.3 is 0 Å². The summed E-state index contributed by atoms with van der Waals surface area (Å²) in [6.45, 7) is 1.02. The molecule has 0 aromatic heterocycles. The standard InChI is InChI=1S/C9H22N6O2P2/c10-5(18)6(16)15-8(19)7(17)13-3-1-2-4-14-9(11)12/h5,8H,1-4,10,18-19H2,(H,13,17)(H,15,16)(H4,11,12,14). The third kappa shape index (κ3) is 9.59. The smallest absolute Gasteiger partial charge is 0.246 e. The minimum absolute atomic E-state index is 0.0607. The molecule has 0 bridgehead atoms. The van der Waals surface area contributed by atoms with E-state index in [9.17, 15) is 9.59 Å². The van der Waals surface area contributed by atoms with Crippen molar-refractivity contribution in [2.45, 2.75) is 24.4 Å². The molecule has 8 nitrogen and oxygen atoms in total. The molecule has 0 aliphatic heterocycles. The predicted octanol–water partition coefficient (Wildman–Crippen LogP) is -2.37. The van der Waals surface area contributed by atoms with Crippen LogP contribution in [0.1, 0.15) is 12.8 Å². The second-order valence-corrected chi connectivity index (χ2v) is 5.20. The lowest BCUT2D eigenvalue weighted by Gasteiger charge is -2.15. The van der Waals surface area contributed by atoms with Gasteiger partial charge in [-0.25, -0.2) is 0 Å². The van der Waals surface area contributed by atoms with Gasteiger partial charge in [-0.2, -0.15) is 0 Å². The van der Waals surface area contributed by atoms with Crippen LogP contribution < -0.4 is 27.8 Å². The van der Waals surface area contributed by atoms with E-state index >= 15 is 0 Å². The normalized spacial score (nSPS) is 13.2. The van der Waals surface area contributed by atoms with Crippen molar-refractivity contribution in [1.29, 1.82) is 0 Å². The highest BCUT2D eigenvalue weighted by Gasteiger charge is 2.16. The Bertz CT molecular complexity index is 333. The maximum atomic E-state index is 11.6. The zero-order valence-corrected chi connectivity index (χ0v) is 12.9. The highest BCUT2D eigenvalue weighted by Crippen LogP contribution is 1.99. The van der Waals surface area contributed by atoms with Crippen LogP contribution >= 0.6 is 18.5 Å². The Balaban J connectivity index is 3.74. The molecule has 0 fully saturated rings. The number of carbonyl (C=O) groups is 2. The summed E-state index contributed by atoms with van der Waals surface area (Å²) in [4.78, 5) is 26.6. The first kappa shape index (κ1) is 18.0. The molecule has 0 rings (SSSR count). The van der Waals surface area contributed by atoms with Crippen LogP contribution in [-0.4, -0.2) is 42.4 Å². The summed E-state index contributed by atoms with van der Waals surface area (Å²) in [5.41, 5.74) is 15.7. The molecule has 0 aliphatic carbocycles. The van der Waals surface area contributed by atoms with Crippen LogP contribution in [0.2, 0.25) is 0 Å². The quantitative estimate of drug-likeness (QED) is 0.147.